The zero-order valence-electron chi connectivity index (χ0n) is 12.9. The highest BCUT2D eigenvalue weighted by molar-refractivity contribution is 5.87. The lowest BCUT2D eigenvalue weighted by Crippen LogP contribution is -2.32. The molecule has 2 aliphatic carbocycles. The van der Waals surface area contributed by atoms with Gasteiger partial charge >= 0.3 is 0 Å². The predicted molar refractivity (Wildman–Crippen MR) is 82.8 cm³/mol. The monoisotopic (exact) mass is 289 g/mol. The Morgan fingerprint density at radius 1 is 1.24 bits per heavy atom. The summed E-state index contributed by atoms with van der Waals surface area (Å²) in [6.07, 6.45) is 6.09. The molecule has 0 saturated heterocycles. The molecule has 0 radical (unpaired) electrons. The highest BCUT2D eigenvalue weighted by Crippen LogP contribution is 2.52. The van der Waals surface area contributed by atoms with Gasteiger partial charge in [-0.2, -0.15) is 0 Å². The van der Waals surface area contributed by atoms with Crippen LogP contribution in [-0.4, -0.2) is 12.8 Å². The van der Waals surface area contributed by atoms with Gasteiger partial charge in [0.25, 0.3) is 0 Å². The van der Waals surface area contributed by atoms with Crippen LogP contribution >= 0.6 is 0 Å². The Morgan fingerprint density at radius 2 is 2.00 bits per heavy atom. The van der Waals surface area contributed by atoms with E-state index in [1.54, 1.807) is 19.2 Å². The lowest BCUT2D eigenvalue weighted by atomic mass is 9.67. The molecule has 1 aromatic rings. The summed E-state index contributed by atoms with van der Waals surface area (Å²) < 4.78 is 13.2. The third kappa shape index (κ3) is 2.83. The van der Waals surface area contributed by atoms with Crippen LogP contribution in [0.15, 0.2) is 29.4 Å². The van der Waals surface area contributed by atoms with Crippen molar-refractivity contribution in [3.05, 3.63) is 35.6 Å². The van der Waals surface area contributed by atoms with Gasteiger partial charge in [-0.3, -0.25) is 0 Å². The summed E-state index contributed by atoms with van der Waals surface area (Å²) in [6, 6.07) is 7.08. The topological polar surface area (TPSA) is 21.6 Å². The summed E-state index contributed by atoms with van der Waals surface area (Å²) >= 11 is 0. The molecule has 1 aromatic carbocycles. The van der Waals surface area contributed by atoms with E-state index < -0.39 is 0 Å². The van der Waals surface area contributed by atoms with Gasteiger partial charge < -0.3 is 4.84 Å². The first-order chi connectivity index (χ1) is 10.2. The third-order valence-electron chi connectivity index (χ3n) is 5.36. The molecular formula is C18H24FNO. The van der Waals surface area contributed by atoms with Crippen molar-refractivity contribution in [2.45, 2.75) is 44.9 Å². The molecule has 2 nitrogen and oxygen atoms in total. The van der Waals surface area contributed by atoms with Crippen molar-refractivity contribution >= 4 is 5.71 Å². The fourth-order valence-electron chi connectivity index (χ4n) is 4.52. The van der Waals surface area contributed by atoms with E-state index in [1.807, 2.05) is 12.1 Å². The molecule has 114 valence electrons. The quantitative estimate of drug-likeness (QED) is 0.578. The molecule has 0 spiro atoms. The highest BCUT2D eigenvalue weighted by Gasteiger charge is 2.44. The molecule has 0 heterocycles. The first-order valence-corrected chi connectivity index (χ1v) is 8.08. The number of benzene rings is 1. The minimum atomic E-state index is -0.157. The number of nitrogens with zero attached hydrogens (tertiary/aromatic N) is 1. The van der Waals surface area contributed by atoms with Crippen molar-refractivity contribution in [1.29, 1.82) is 0 Å². The average Bonchev–Trinajstić information content (AvgIpc) is 2.88. The Morgan fingerprint density at radius 3 is 2.67 bits per heavy atom. The van der Waals surface area contributed by atoms with Crippen LogP contribution in [0.25, 0.3) is 0 Å². The highest BCUT2D eigenvalue weighted by atomic mass is 19.1. The maximum atomic E-state index is 13.2. The van der Waals surface area contributed by atoms with Gasteiger partial charge in [-0.05, 0) is 61.1 Å². The van der Waals surface area contributed by atoms with Crippen molar-refractivity contribution in [1.82, 2.24) is 0 Å². The molecule has 4 atom stereocenters. The van der Waals surface area contributed by atoms with Crippen LogP contribution in [0.4, 0.5) is 4.39 Å². The summed E-state index contributed by atoms with van der Waals surface area (Å²) in [5.41, 5.74) is 2.44. The molecule has 0 aliphatic heterocycles. The smallest absolute Gasteiger partial charge is 0.123 e. The first kappa shape index (κ1) is 14.6. The van der Waals surface area contributed by atoms with Crippen LogP contribution in [0.3, 0.4) is 0 Å². The van der Waals surface area contributed by atoms with E-state index in [4.69, 9.17) is 4.84 Å². The number of hydrogen-bond donors (Lipinski definition) is 0. The second kappa shape index (κ2) is 6.17. The second-order valence-electron chi connectivity index (χ2n) is 6.48. The van der Waals surface area contributed by atoms with Crippen LogP contribution in [0.1, 0.15) is 50.5 Å². The molecule has 0 aromatic heterocycles. The van der Waals surface area contributed by atoms with Crippen LogP contribution in [0.2, 0.25) is 0 Å². The Bertz CT molecular complexity index is 510. The summed E-state index contributed by atoms with van der Waals surface area (Å²) in [6.45, 7) is 2.15. The zero-order chi connectivity index (χ0) is 14.8. The molecule has 21 heavy (non-hydrogen) atoms. The normalized spacial score (nSPS) is 32.2. The van der Waals surface area contributed by atoms with Crippen molar-refractivity contribution in [2.75, 3.05) is 7.11 Å². The summed E-state index contributed by atoms with van der Waals surface area (Å²) in [4.78, 5) is 5.09. The van der Waals surface area contributed by atoms with Gasteiger partial charge in [0, 0.05) is 5.92 Å². The fraction of sp³-hybridized carbons (Fsp3) is 0.611. The maximum Gasteiger partial charge on any atom is 0.123 e. The van der Waals surface area contributed by atoms with Gasteiger partial charge in [-0.25, -0.2) is 4.39 Å². The number of hydrogen-bond acceptors (Lipinski definition) is 2. The minimum Gasteiger partial charge on any atom is -0.399 e. The van der Waals surface area contributed by atoms with Crippen LogP contribution in [-0.2, 0) is 4.84 Å². The van der Waals surface area contributed by atoms with E-state index >= 15 is 0 Å². The van der Waals surface area contributed by atoms with Crippen LogP contribution in [0, 0.1) is 23.6 Å². The number of fused-ring (bicyclic) bond motifs is 2. The number of oxime groups is 1. The maximum absolute atomic E-state index is 13.2. The average molecular weight is 289 g/mol. The first-order valence-electron chi connectivity index (χ1n) is 8.08. The molecule has 0 amide bonds. The zero-order valence-corrected chi connectivity index (χ0v) is 12.9. The molecule has 2 saturated carbocycles. The molecular weight excluding hydrogens is 265 g/mol. The fourth-order valence-corrected chi connectivity index (χ4v) is 4.52. The van der Waals surface area contributed by atoms with Gasteiger partial charge in [0.2, 0.25) is 0 Å². The van der Waals surface area contributed by atoms with E-state index in [0.29, 0.717) is 17.8 Å². The van der Waals surface area contributed by atoms with Crippen molar-refractivity contribution < 1.29 is 9.23 Å². The van der Waals surface area contributed by atoms with Crippen LogP contribution in [0.5, 0.6) is 0 Å². The SMILES string of the molecule is CCC(=NOC)[C@@H]1[C@@H]2CCC(C2)C[C@H]1c1ccc(F)cc1. The molecule has 2 fully saturated rings. The van der Waals surface area contributed by atoms with Crippen molar-refractivity contribution in [3.8, 4) is 0 Å². The van der Waals surface area contributed by atoms with Gasteiger partial charge in [-0.15, -0.1) is 0 Å². The minimum absolute atomic E-state index is 0.157. The van der Waals surface area contributed by atoms with E-state index in [9.17, 15) is 4.39 Å². The third-order valence-corrected chi connectivity index (χ3v) is 5.36. The Balaban J connectivity index is 1.95. The van der Waals surface area contributed by atoms with Crippen LogP contribution < -0.4 is 0 Å². The molecule has 2 bridgehead atoms. The van der Waals surface area contributed by atoms with Gasteiger partial charge in [0.15, 0.2) is 0 Å². The van der Waals surface area contributed by atoms with E-state index in [2.05, 4.69) is 12.1 Å². The predicted octanol–water partition coefficient (Wildman–Crippen LogP) is 4.76. The summed E-state index contributed by atoms with van der Waals surface area (Å²) in [5, 5.41) is 4.32. The Labute approximate surface area is 126 Å². The van der Waals surface area contributed by atoms with Gasteiger partial charge in [-0.1, -0.05) is 30.6 Å². The number of rotatable bonds is 4. The van der Waals surface area contributed by atoms with Gasteiger partial charge in [0.05, 0.1) is 5.71 Å². The van der Waals surface area contributed by atoms with E-state index in [0.717, 1.165) is 12.3 Å². The lowest BCUT2D eigenvalue weighted by Gasteiger charge is -2.37. The molecule has 2 aliphatic rings. The molecule has 3 heteroatoms. The molecule has 0 N–H and O–H groups in total. The standard InChI is InChI=1S/C18H24FNO/c1-3-17(20-21-2)18-14-5-4-12(10-14)11-16(18)13-6-8-15(19)9-7-13/h6-9,12,14,16,18H,3-5,10-11H2,1-2H3/t12?,14-,16+,18-/m1/s1. The van der Waals surface area contributed by atoms with Gasteiger partial charge in [0.1, 0.15) is 12.9 Å². The second-order valence-corrected chi connectivity index (χ2v) is 6.48. The Hall–Kier alpha value is -1.38. The summed E-state index contributed by atoms with van der Waals surface area (Å²) in [7, 11) is 1.63. The summed E-state index contributed by atoms with van der Waals surface area (Å²) in [5.74, 6) is 2.31. The molecule has 1 unspecified atom stereocenters. The molecule has 3 rings (SSSR count). The van der Waals surface area contributed by atoms with E-state index in [1.165, 1.54) is 37.0 Å². The van der Waals surface area contributed by atoms with E-state index in [-0.39, 0.29) is 5.82 Å². The van der Waals surface area contributed by atoms with Crippen molar-refractivity contribution in [2.24, 2.45) is 22.9 Å². The lowest BCUT2D eigenvalue weighted by molar-refractivity contribution is 0.200. The number of halogens is 1. The van der Waals surface area contributed by atoms with Crippen molar-refractivity contribution in [3.63, 3.8) is 0 Å². The largest absolute Gasteiger partial charge is 0.399 e. The Kier molecular flexibility index (Phi) is 4.27.